The van der Waals surface area contributed by atoms with Crippen molar-refractivity contribution in [1.29, 1.82) is 0 Å². The monoisotopic (exact) mass is 228 g/mol. The van der Waals surface area contributed by atoms with Crippen molar-refractivity contribution in [3.63, 3.8) is 0 Å². The van der Waals surface area contributed by atoms with Gasteiger partial charge in [-0.25, -0.2) is 0 Å². The first-order chi connectivity index (χ1) is 7.54. The quantitative estimate of drug-likeness (QED) is 0.636. The third-order valence-corrected chi connectivity index (χ3v) is 2.89. The molecule has 1 amide bonds. The summed E-state index contributed by atoms with van der Waals surface area (Å²) in [5, 5.41) is 0. The molecule has 0 N–H and O–H groups in total. The van der Waals surface area contributed by atoms with Crippen LogP contribution in [0.2, 0.25) is 0 Å². The molecular formula is C11H20N2O3. The highest BCUT2D eigenvalue weighted by Crippen LogP contribution is 2.07. The Balaban J connectivity index is 2.48. The molecule has 0 radical (unpaired) electrons. The molecule has 1 rings (SSSR count). The number of esters is 1. The molecule has 1 heterocycles. The molecule has 0 aromatic rings. The molecule has 5 nitrogen and oxygen atoms in total. The van der Waals surface area contributed by atoms with Gasteiger partial charge in [-0.3, -0.25) is 14.5 Å². The number of amides is 1. The molecule has 5 heteroatoms. The number of methoxy groups -OCH3 is 1. The van der Waals surface area contributed by atoms with Gasteiger partial charge >= 0.3 is 5.97 Å². The lowest BCUT2D eigenvalue weighted by Gasteiger charge is -2.21. The zero-order valence-corrected chi connectivity index (χ0v) is 10.2. The average molecular weight is 228 g/mol. The Hall–Kier alpha value is -1.10. The Bertz CT molecular complexity index is 268. The number of ether oxygens (including phenoxy) is 1. The van der Waals surface area contributed by atoms with Crippen LogP contribution in [0.5, 0.6) is 0 Å². The van der Waals surface area contributed by atoms with Crippen LogP contribution in [0.25, 0.3) is 0 Å². The van der Waals surface area contributed by atoms with Crippen molar-refractivity contribution >= 4 is 11.9 Å². The van der Waals surface area contributed by atoms with Crippen molar-refractivity contribution in [2.75, 3.05) is 40.3 Å². The van der Waals surface area contributed by atoms with Gasteiger partial charge in [0, 0.05) is 26.7 Å². The summed E-state index contributed by atoms with van der Waals surface area (Å²) in [6.07, 6.45) is 0.954. The SMILES string of the molecule is COC(=O)C(C)CN1CCCN(C)C(=O)C1. The van der Waals surface area contributed by atoms with Gasteiger partial charge < -0.3 is 9.64 Å². The van der Waals surface area contributed by atoms with Gasteiger partial charge in [-0.2, -0.15) is 0 Å². The Morgan fingerprint density at radius 2 is 2.19 bits per heavy atom. The first-order valence-electron chi connectivity index (χ1n) is 5.58. The summed E-state index contributed by atoms with van der Waals surface area (Å²) in [4.78, 5) is 26.6. The first-order valence-corrected chi connectivity index (χ1v) is 5.58. The number of hydrogen-bond acceptors (Lipinski definition) is 4. The third-order valence-electron chi connectivity index (χ3n) is 2.89. The van der Waals surface area contributed by atoms with Crippen LogP contribution in [-0.2, 0) is 14.3 Å². The molecule has 0 aromatic carbocycles. The maximum Gasteiger partial charge on any atom is 0.309 e. The molecular weight excluding hydrogens is 208 g/mol. The molecule has 1 aliphatic heterocycles. The Morgan fingerprint density at radius 3 is 2.81 bits per heavy atom. The van der Waals surface area contributed by atoms with E-state index in [1.54, 1.807) is 4.90 Å². The highest BCUT2D eigenvalue weighted by Gasteiger charge is 2.22. The zero-order valence-electron chi connectivity index (χ0n) is 10.2. The van der Waals surface area contributed by atoms with Crippen molar-refractivity contribution in [1.82, 2.24) is 9.80 Å². The van der Waals surface area contributed by atoms with Gasteiger partial charge in [0.05, 0.1) is 19.6 Å². The number of likely N-dealkylation sites (N-methyl/N-ethyl adjacent to an activating group) is 1. The molecule has 0 spiro atoms. The minimum atomic E-state index is -0.218. The number of carbonyl (C=O) groups excluding carboxylic acids is 2. The summed E-state index contributed by atoms with van der Waals surface area (Å²) in [5.74, 6) is -0.277. The molecule has 1 atom stereocenters. The van der Waals surface area contributed by atoms with Crippen LogP contribution in [0, 0.1) is 5.92 Å². The lowest BCUT2D eigenvalue weighted by molar-refractivity contribution is -0.146. The fraction of sp³-hybridized carbons (Fsp3) is 0.818. The Morgan fingerprint density at radius 1 is 1.50 bits per heavy atom. The lowest BCUT2D eigenvalue weighted by Crippen LogP contribution is -2.38. The second-order valence-corrected chi connectivity index (χ2v) is 4.33. The number of rotatable bonds is 3. The summed E-state index contributed by atoms with van der Waals surface area (Å²) < 4.78 is 4.67. The maximum absolute atomic E-state index is 11.6. The Labute approximate surface area is 96.3 Å². The van der Waals surface area contributed by atoms with E-state index < -0.39 is 0 Å². The van der Waals surface area contributed by atoms with E-state index in [1.807, 2.05) is 18.9 Å². The van der Waals surface area contributed by atoms with Crippen molar-refractivity contribution < 1.29 is 14.3 Å². The molecule has 0 saturated carbocycles. The van der Waals surface area contributed by atoms with Crippen LogP contribution in [-0.4, -0.2) is 62.0 Å². The van der Waals surface area contributed by atoms with E-state index in [0.717, 1.165) is 19.5 Å². The smallest absolute Gasteiger partial charge is 0.309 e. The fourth-order valence-corrected chi connectivity index (χ4v) is 1.87. The van der Waals surface area contributed by atoms with Crippen LogP contribution in [0.1, 0.15) is 13.3 Å². The molecule has 0 aromatic heterocycles. The van der Waals surface area contributed by atoms with Gasteiger partial charge in [-0.1, -0.05) is 6.92 Å². The number of carbonyl (C=O) groups is 2. The van der Waals surface area contributed by atoms with Gasteiger partial charge in [-0.15, -0.1) is 0 Å². The topological polar surface area (TPSA) is 49.9 Å². The standard InChI is InChI=1S/C11H20N2O3/c1-9(11(15)16-3)7-13-6-4-5-12(2)10(14)8-13/h9H,4-8H2,1-3H3. The second kappa shape index (κ2) is 5.84. The Kier molecular flexibility index (Phi) is 4.73. The molecule has 0 bridgehead atoms. The summed E-state index contributed by atoms with van der Waals surface area (Å²) in [5.41, 5.74) is 0. The summed E-state index contributed by atoms with van der Waals surface area (Å²) >= 11 is 0. The molecule has 1 unspecified atom stereocenters. The van der Waals surface area contributed by atoms with Gasteiger partial charge in [0.15, 0.2) is 0 Å². The van der Waals surface area contributed by atoms with Crippen molar-refractivity contribution in [2.45, 2.75) is 13.3 Å². The van der Waals surface area contributed by atoms with Crippen molar-refractivity contribution in [3.05, 3.63) is 0 Å². The predicted molar refractivity (Wildman–Crippen MR) is 59.9 cm³/mol. The normalized spacial score (nSPS) is 20.4. The molecule has 1 fully saturated rings. The highest BCUT2D eigenvalue weighted by atomic mass is 16.5. The van der Waals surface area contributed by atoms with Gasteiger partial charge in [0.25, 0.3) is 0 Å². The zero-order chi connectivity index (χ0) is 12.1. The van der Waals surface area contributed by atoms with Crippen molar-refractivity contribution in [2.24, 2.45) is 5.92 Å². The summed E-state index contributed by atoms with van der Waals surface area (Å²) in [6, 6.07) is 0. The highest BCUT2D eigenvalue weighted by molar-refractivity contribution is 5.78. The minimum absolute atomic E-state index is 0.120. The largest absolute Gasteiger partial charge is 0.469 e. The third kappa shape index (κ3) is 3.48. The maximum atomic E-state index is 11.6. The molecule has 0 aliphatic carbocycles. The van der Waals surface area contributed by atoms with E-state index in [-0.39, 0.29) is 17.8 Å². The molecule has 1 saturated heterocycles. The minimum Gasteiger partial charge on any atom is -0.469 e. The number of hydrogen-bond donors (Lipinski definition) is 0. The molecule has 16 heavy (non-hydrogen) atoms. The van der Waals surface area contributed by atoms with Gasteiger partial charge in [0.2, 0.25) is 5.91 Å². The van der Waals surface area contributed by atoms with Crippen LogP contribution in [0.3, 0.4) is 0 Å². The lowest BCUT2D eigenvalue weighted by atomic mass is 10.1. The van der Waals surface area contributed by atoms with E-state index in [0.29, 0.717) is 13.1 Å². The van der Waals surface area contributed by atoms with Crippen LogP contribution < -0.4 is 0 Å². The molecule has 1 aliphatic rings. The van der Waals surface area contributed by atoms with Gasteiger partial charge in [0.1, 0.15) is 0 Å². The van der Waals surface area contributed by atoms with E-state index in [9.17, 15) is 9.59 Å². The first kappa shape index (κ1) is 13.0. The second-order valence-electron chi connectivity index (χ2n) is 4.33. The fourth-order valence-electron chi connectivity index (χ4n) is 1.87. The van der Waals surface area contributed by atoms with E-state index in [4.69, 9.17) is 0 Å². The van der Waals surface area contributed by atoms with Gasteiger partial charge in [-0.05, 0) is 6.42 Å². The van der Waals surface area contributed by atoms with Crippen molar-refractivity contribution in [3.8, 4) is 0 Å². The van der Waals surface area contributed by atoms with Crippen LogP contribution >= 0.6 is 0 Å². The number of nitrogens with zero attached hydrogens (tertiary/aromatic N) is 2. The summed E-state index contributed by atoms with van der Waals surface area (Å²) in [7, 11) is 3.20. The van der Waals surface area contributed by atoms with E-state index in [1.165, 1.54) is 7.11 Å². The van der Waals surface area contributed by atoms with E-state index in [2.05, 4.69) is 4.74 Å². The molecule has 92 valence electrons. The van der Waals surface area contributed by atoms with E-state index >= 15 is 0 Å². The van der Waals surface area contributed by atoms with Crippen LogP contribution in [0.4, 0.5) is 0 Å². The summed E-state index contributed by atoms with van der Waals surface area (Å²) in [6.45, 7) is 4.47. The van der Waals surface area contributed by atoms with Crippen LogP contribution in [0.15, 0.2) is 0 Å². The predicted octanol–water partition coefficient (Wildman–Crippen LogP) is -0.0404. The average Bonchev–Trinajstić information content (AvgIpc) is 2.40.